The molecule has 2 amide bonds. The Morgan fingerprint density at radius 1 is 0.974 bits per heavy atom. The molecule has 0 radical (unpaired) electrons. The number of nitro groups is 1. The van der Waals surface area contributed by atoms with Crippen LogP contribution in [0.3, 0.4) is 0 Å². The summed E-state index contributed by atoms with van der Waals surface area (Å²) in [5.41, 5.74) is 2.33. The third-order valence-electron chi connectivity index (χ3n) is 6.21. The molecule has 9 nitrogen and oxygen atoms in total. The van der Waals surface area contributed by atoms with Gasteiger partial charge in [-0.2, -0.15) is 0 Å². The summed E-state index contributed by atoms with van der Waals surface area (Å²) in [4.78, 5) is 41.7. The molecule has 1 aromatic heterocycles. The number of rotatable bonds is 13. The van der Waals surface area contributed by atoms with E-state index in [4.69, 9.17) is 9.47 Å². The Bertz CT molecular complexity index is 1260. The number of non-ortho nitro benzene ring substituents is 1. The van der Waals surface area contributed by atoms with Gasteiger partial charge in [-0.25, -0.2) is 0 Å². The maximum Gasteiger partial charge on any atom is 0.269 e. The minimum Gasteiger partial charge on any atom is -0.493 e. The summed E-state index contributed by atoms with van der Waals surface area (Å²) in [6, 6.07) is 13.2. The quantitative estimate of drug-likeness (QED) is 0.221. The Kier molecular flexibility index (Phi) is 10.2. The predicted octanol–water partition coefficient (Wildman–Crippen LogP) is 5.11. The summed E-state index contributed by atoms with van der Waals surface area (Å²) in [7, 11) is 3.17. The molecule has 0 aliphatic heterocycles. The first-order valence-electron chi connectivity index (χ1n) is 12.3. The van der Waals surface area contributed by atoms with E-state index < -0.39 is 4.92 Å². The minimum atomic E-state index is -0.509. The van der Waals surface area contributed by atoms with Crippen molar-refractivity contribution in [1.29, 1.82) is 0 Å². The van der Waals surface area contributed by atoms with E-state index >= 15 is 0 Å². The molecule has 0 N–H and O–H groups in total. The average Bonchev–Trinajstić information content (AvgIpc) is 3.33. The van der Waals surface area contributed by atoms with Crippen LogP contribution >= 0.6 is 11.3 Å². The lowest BCUT2D eigenvalue weighted by Crippen LogP contribution is -2.43. The number of carbonyl (C=O) groups excluding carboxylic acids is 2. The highest BCUT2D eigenvalue weighted by atomic mass is 32.1. The van der Waals surface area contributed by atoms with E-state index in [0.717, 1.165) is 16.0 Å². The molecule has 0 bridgehead atoms. The fraction of sp³-hybridized carbons (Fsp3) is 0.357. The third kappa shape index (κ3) is 7.32. The van der Waals surface area contributed by atoms with Crippen LogP contribution in [0.5, 0.6) is 11.5 Å². The average molecular weight is 540 g/mol. The highest BCUT2D eigenvalue weighted by Crippen LogP contribution is 2.28. The molecule has 3 aromatic rings. The van der Waals surface area contributed by atoms with Crippen molar-refractivity contribution in [3.8, 4) is 11.5 Å². The van der Waals surface area contributed by atoms with Crippen molar-refractivity contribution in [2.45, 2.75) is 33.2 Å². The van der Waals surface area contributed by atoms with Crippen molar-refractivity contribution in [3.63, 3.8) is 0 Å². The lowest BCUT2D eigenvalue weighted by atomic mass is 10.1. The van der Waals surface area contributed by atoms with Crippen LogP contribution in [0.25, 0.3) is 0 Å². The van der Waals surface area contributed by atoms with Gasteiger partial charge >= 0.3 is 0 Å². The lowest BCUT2D eigenvalue weighted by Gasteiger charge is -2.28. The number of benzene rings is 2. The summed E-state index contributed by atoms with van der Waals surface area (Å²) in [6.07, 6.45) is 1.27. The molecular formula is C28H33N3O6S. The van der Waals surface area contributed by atoms with Gasteiger partial charge < -0.3 is 19.3 Å². The number of ether oxygens (including phenoxy) is 2. The van der Waals surface area contributed by atoms with Crippen LogP contribution in [0, 0.1) is 17.0 Å². The number of amides is 2. The minimum absolute atomic E-state index is 0.0833. The Morgan fingerprint density at radius 2 is 1.68 bits per heavy atom. The van der Waals surface area contributed by atoms with Crippen molar-refractivity contribution >= 4 is 28.8 Å². The Labute approximate surface area is 226 Å². The highest BCUT2D eigenvalue weighted by Gasteiger charge is 2.23. The Balaban J connectivity index is 1.79. The van der Waals surface area contributed by atoms with Gasteiger partial charge in [-0.3, -0.25) is 19.7 Å². The summed E-state index contributed by atoms with van der Waals surface area (Å²) in [5, 5.41) is 13.0. The maximum absolute atomic E-state index is 13.6. The van der Waals surface area contributed by atoms with Crippen molar-refractivity contribution < 1.29 is 24.0 Å². The van der Waals surface area contributed by atoms with E-state index in [-0.39, 0.29) is 24.0 Å². The molecular weight excluding hydrogens is 506 g/mol. The number of aryl methyl sites for hydroxylation is 1. The second-order valence-electron chi connectivity index (χ2n) is 8.81. The van der Waals surface area contributed by atoms with E-state index in [0.29, 0.717) is 49.5 Å². The number of nitrogens with zero attached hydrogens (tertiary/aromatic N) is 3. The highest BCUT2D eigenvalue weighted by molar-refractivity contribution is 7.10. The van der Waals surface area contributed by atoms with E-state index in [1.54, 1.807) is 30.5 Å². The van der Waals surface area contributed by atoms with Crippen LogP contribution in [0.1, 0.15) is 39.7 Å². The van der Waals surface area contributed by atoms with Gasteiger partial charge in [0.2, 0.25) is 5.91 Å². The van der Waals surface area contributed by atoms with Gasteiger partial charge in [0.15, 0.2) is 11.5 Å². The smallest absolute Gasteiger partial charge is 0.269 e. The van der Waals surface area contributed by atoms with Crippen LogP contribution in [0.2, 0.25) is 0 Å². The molecule has 0 atom stereocenters. The molecule has 10 heteroatoms. The molecule has 0 fully saturated rings. The lowest BCUT2D eigenvalue weighted by molar-refractivity contribution is -0.384. The van der Waals surface area contributed by atoms with Gasteiger partial charge in [-0.1, -0.05) is 13.0 Å². The molecule has 0 unspecified atom stereocenters. The summed E-state index contributed by atoms with van der Waals surface area (Å²) in [6.45, 7) is 5.16. The molecule has 2 aromatic carbocycles. The first-order valence-corrected chi connectivity index (χ1v) is 13.2. The van der Waals surface area contributed by atoms with Gasteiger partial charge in [0.25, 0.3) is 11.6 Å². The second kappa shape index (κ2) is 13.6. The normalized spacial score (nSPS) is 10.6. The Hall–Kier alpha value is -3.92. The largest absolute Gasteiger partial charge is 0.493 e. The van der Waals surface area contributed by atoms with Crippen molar-refractivity contribution in [2.24, 2.45) is 0 Å². The summed E-state index contributed by atoms with van der Waals surface area (Å²) in [5.74, 6) is 0.766. The topological polar surface area (TPSA) is 102 Å². The van der Waals surface area contributed by atoms with Gasteiger partial charge in [-0.15, -0.1) is 11.3 Å². The monoisotopic (exact) mass is 539 g/mol. The van der Waals surface area contributed by atoms with Crippen molar-refractivity contribution in [1.82, 2.24) is 9.80 Å². The van der Waals surface area contributed by atoms with E-state index in [1.807, 2.05) is 43.5 Å². The van der Waals surface area contributed by atoms with Gasteiger partial charge in [-0.05, 0) is 66.6 Å². The molecule has 202 valence electrons. The van der Waals surface area contributed by atoms with E-state index in [2.05, 4.69) is 0 Å². The molecule has 0 aliphatic rings. The fourth-order valence-electron chi connectivity index (χ4n) is 4.03. The first-order chi connectivity index (χ1) is 18.3. The van der Waals surface area contributed by atoms with Crippen LogP contribution in [-0.4, -0.2) is 60.4 Å². The third-order valence-corrected chi connectivity index (χ3v) is 7.21. The van der Waals surface area contributed by atoms with Gasteiger partial charge in [0.1, 0.15) is 6.54 Å². The fourth-order valence-corrected chi connectivity index (χ4v) is 4.95. The van der Waals surface area contributed by atoms with Crippen LogP contribution in [0.4, 0.5) is 5.69 Å². The molecule has 0 spiro atoms. The van der Waals surface area contributed by atoms with Gasteiger partial charge in [0, 0.05) is 35.7 Å². The number of methoxy groups -OCH3 is 2. The molecule has 38 heavy (non-hydrogen) atoms. The zero-order valence-electron chi connectivity index (χ0n) is 22.1. The van der Waals surface area contributed by atoms with Crippen molar-refractivity contribution in [3.05, 3.63) is 85.6 Å². The van der Waals surface area contributed by atoms with Crippen LogP contribution < -0.4 is 9.47 Å². The first kappa shape index (κ1) is 28.6. The predicted molar refractivity (Wildman–Crippen MR) is 147 cm³/mol. The molecule has 0 saturated heterocycles. The standard InChI is InChI=1S/C28H33N3O6S/c1-5-14-30(28(33)22-7-9-23(10-8-22)31(34)35)19-27(32)29(18-26-20(2)13-16-38-26)15-12-21-6-11-24(36-3)25(17-21)37-4/h6-11,13,16-17H,5,12,14-15,18-19H2,1-4H3. The molecule has 0 saturated carbocycles. The van der Waals surface area contributed by atoms with Gasteiger partial charge in [0.05, 0.1) is 25.7 Å². The summed E-state index contributed by atoms with van der Waals surface area (Å²) < 4.78 is 10.7. The van der Waals surface area contributed by atoms with E-state index in [9.17, 15) is 19.7 Å². The number of nitro benzene ring substituents is 1. The SMILES string of the molecule is CCCN(CC(=O)N(CCc1ccc(OC)c(OC)c1)Cc1sccc1C)C(=O)c1ccc([N+](=O)[O-])cc1. The number of hydrogen-bond donors (Lipinski definition) is 0. The zero-order valence-corrected chi connectivity index (χ0v) is 23.0. The number of thiophene rings is 1. The zero-order chi connectivity index (χ0) is 27.7. The Morgan fingerprint density at radius 3 is 2.26 bits per heavy atom. The second-order valence-corrected chi connectivity index (χ2v) is 9.81. The number of carbonyl (C=O) groups is 2. The number of hydrogen-bond acceptors (Lipinski definition) is 7. The van der Waals surface area contributed by atoms with Crippen LogP contribution in [-0.2, 0) is 17.8 Å². The van der Waals surface area contributed by atoms with E-state index in [1.165, 1.54) is 29.2 Å². The van der Waals surface area contributed by atoms with Crippen LogP contribution in [0.15, 0.2) is 53.9 Å². The molecule has 1 heterocycles. The summed E-state index contributed by atoms with van der Waals surface area (Å²) >= 11 is 1.60. The molecule has 3 rings (SSSR count). The maximum atomic E-state index is 13.6. The molecule has 0 aliphatic carbocycles. The van der Waals surface area contributed by atoms with Crippen molar-refractivity contribution in [2.75, 3.05) is 33.9 Å².